The molecule has 4 N–H and O–H groups in total. The average Bonchev–Trinajstić information content (AvgIpc) is 3.75. The van der Waals surface area contributed by atoms with Crippen LogP contribution in [0.3, 0.4) is 0 Å². The van der Waals surface area contributed by atoms with Crippen LogP contribution < -0.4 is 20.3 Å². The standard InChI is InChI=1S/C48H58F2N8O6/c1-5-34-37(49)9-6-28-20-32(60)21-35(39(28)34)41-40(50)42-36(22-51-41)44(58-23-29-7-8-30(24-58)52-29)55-46(54-42)64-27-48(14-15-48)26-56-16-11-33(12-17-56)63-19-13-38(61)53-43(47(2,3)4)45(62)57-18-10-31(59)25-57/h1,6,9,20-22,29-31,33,43,52,59-60H,7-8,10-19,23-27H2,2-4H3,(H,53,61)/t29-,30?,31?,43?/m0/s1. The molecule has 2 aromatic heterocycles. The van der Waals surface area contributed by atoms with E-state index in [0.717, 1.165) is 58.2 Å². The summed E-state index contributed by atoms with van der Waals surface area (Å²) in [6.07, 6.45) is 13.1. The number of amides is 2. The number of halogens is 2. The highest BCUT2D eigenvalue weighted by Crippen LogP contribution is 2.47. The van der Waals surface area contributed by atoms with Gasteiger partial charge in [0.25, 0.3) is 0 Å². The summed E-state index contributed by atoms with van der Waals surface area (Å²) >= 11 is 0. The Bertz CT molecular complexity index is 2470. The number of nitrogens with zero attached hydrogens (tertiary/aromatic N) is 6. The first kappa shape index (κ1) is 44.0. The van der Waals surface area contributed by atoms with Gasteiger partial charge < -0.3 is 45.0 Å². The van der Waals surface area contributed by atoms with Gasteiger partial charge in [0, 0.05) is 86.9 Å². The van der Waals surface area contributed by atoms with E-state index in [1.165, 1.54) is 24.3 Å². The second-order valence-corrected chi connectivity index (χ2v) is 19.7. The van der Waals surface area contributed by atoms with Crippen molar-refractivity contribution in [1.82, 2.24) is 35.4 Å². The number of β-amino-alcohol motifs (C(OH)–C–C–N with tert-alkyl or cyclic N) is 1. The number of benzene rings is 2. The topological polar surface area (TPSA) is 166 Å². The van der Waals surface area contributed by atoms with Crippen molar-refractivity contribution in [1.29, 1.82) is 0 Å². The maximum absolute atomic E-state index is 17.0. The highest BCUT2D eigenvalue weighted by Gasteiger charge is 2.46. The number of terminal acetylenes is 1. The average molecular weight is 881 g/mol. The van der Waals surface area contributed by atoms with Crippen molar-refractivity contribution < 1.29 is 38.1 Å². The molecule has 4 saturated heterocycles. The number of aliphatic hydroxyl groups excluding tert-OH is 1. The number of nitrogens with one attached hydrogen (secondary N) is 2. The van der Waals surface area contributed by atoms with Gasteiger partial charge >= 0.3 is 6.01 Å². The van der Waals surface area contributed by atoms with E-state index in [9.17, 15) is 24.2 Å². The molecule has 340 valence electrons. The molecule has 2 aromatic carbocycles. The number of hydrogen-bond acceptors (Lipinski definition) is 12. The number of hydrogen-bond donors (Lipinski definition) is 4. The smallest absolute Gasteiger partial charge is 0.319 e. The number of carbonyl (C=O) groups is 2. The number of piperazine rings is 1. The summed E-state index contributed by atoms with van der Waals surface area (Å²) in [5.41, 5.74) is -0.604. The molecule has 1 aliphatic carbocycles. The third-order valence-corrected chi connectivity index (χ3v) is 13.7. The fourth-order valence-corrected chi connectivity index (χ4v) is 10.0. The largest absolute Gasteiger partial charge is 0.508 e. The lowest BCUT2D eigenvalue weighted by Gasteiger charge is -2.35. The summed E-state index contributed by atoms with van der Waals surface area (Å²) in [5, 5.41) is 28.3. The number of aromatic hydroxyl groups is 1. The molecular weight excluding hydrogens is 823 g/mol. The molecule has 0 spiro atoms. The number of pyridine rings is 1. The maximum atomic E-state index is 17.0. The summed E-state index contributed by atoms with van der Waals surface area (Å²) in [6, 6.07) is 5.45. The van der Waals surface area contributed by atoms with Gasteiger partial charge in [0.15, 0.2) is 5.82 Å². The maximum Gasteiger partial charge on any atom is 0.319 e. The molecule has 64 heavy (non-hydrogen) atoms. The molecule has 2 bridgehead atoms. The van der Waals surface area contributed by atoms with Crippen molar-refractivity contribution >= 4 is 39.3 Å². The van der Waals surface area contributed by atoms with E-state index < -0.39 is 29.2 Å². The molecule has 3 unspecified atom stereocenters. The van der Waals surface area contributed by atoms with Gasteiger partial charge in [-0.1, -0.05) is 32.8 Å². The molecule has 4 aromatic rings. The molecule has 6 heterocycles. The van der Waals surface area contributed by atoms with Crippen LogP contribution in [0.2, 0.25) is 0 Å². The van der Waals surface area contributed by atoms with Gasteiger partial charge in [-0.25, -0.2) is 8.78 Å². The third kappa shape index (κ3) is 9.18. The van der Waals surface area contributed by atoms with E-state index in [-0.39, 0.29) is 94.5 Å². The molecule has 0 radical (unpaired) electrons. The van der Waals surface area contributed by atoms with Crippen molar-refractivity contribution in [3.8, 4) is 35.4 Å². The molecule has 1 saturated carbocycles. The van der Waals surface area contributed by atoms with Crippen LogP contribution in [0.1, 0.15) is 77.7 Å². The molecule has 5 fully saturated rings. The highest BCUT2D eigenvalue weighted by molar-refractivity contribution is 6.03. The Morgan fingerprint density at radius 2 is 1.80 bits per heavy atom. The molecule has 5 aliphatic rings. The van der Waals surface area contributed by atoms with E-state index in [1.54, 1.807) is 11.1 Å². The molecule has 4 atom stereocenters. The van der Waals surface area contributed by atoms with Gasteiger partial charge in [0.1, 0.15) is 34.6 Å². The number of anilines is 1. The minimum Gasteiger partial charge on any atom is -0.508 e. The summed E-state index contributed by atoms with van der Waals surface area (Å²) in [4.78, 5) is 46.5. The molecule has 2 amide bonds. The van der Waals surface area contributed by atoms with E-state index in [2.05, 4.69) is 36.3 Å². The van der Waals surface area contributed by atoms with E-state index in [0.29, 0.717) is 49.3 Å². The Labute approximate surface area is 372 Å². The van der Waals surface area contributed by atoms with E-state index >= 15 is 4.39 Å². The van der Waals surface area contributed by atoms with Crippen LogP contribution in [0.5, 0.6) is 11.8 Å². The van der Waals surface area contributed by atoms with Crippen LogP contribution >= 0.6 is 0 Å². The van der Waals surface area contributed by atoms with Gasteiger partial charge in [-0.05, 0) is 73.9 Å². The summed E-state index contributed by atoms with van der Waals surface area (Å²) in [6.45, 7) is 11.0. The van der Waals surface area contributed by atoms with Crippen molar-refractivity contribution in [2.45, 2.75) is 102 Å². The first-order chi connectivity index (χ1) is 30.7. The fourth-order valence-electron chi connectivity index (χ4n) is 10.0. The van der Waals surface area contributed by atoms with Gasteiger partial charge in [-0.3, -0.25) is 14.6 Å². The van der Waals surface area contributed by atoms with Crippen molar-refractivity contribution in [2.24, 2.45) is 10.8 Å². The van der Waals surface area contributed by atoms with Crippen LogP contribution in [-0.4, -0.2) is 136 Å². The Hall–Kier alpha value is -5.21. The summed E-state index contributed by atoms with van der Waals surface area (Å²) in [5.74, 6) is 1.01. The van der Waals surface area contributed by atoms with Crippen molar-refractivity contribution in [3.63, 3.8) is 0 Å². The number of aromatic nitrogens is 3. The van der Waals surface area contributed by atoms with Gasteiger partial charge in [0.05, 0.1) is 36.4 Å². The van der Waals surface area contributed by atoms with Crippen LogP contribution in [0.25, 0.3) is 32.9 Å². The number of rotatable bonds is 13. The van der Waals surface area contributed by atoms with Crippen LogP contribution in [0.15, 0.2) is 30.5 Å². The Morgan fingerprint density at radius 1 is 1.05 bits per heavy atom. The molecule has 4 aliphatic heterocycles. The highest BCUT2D eigenvalue weighted by atomic mass is 19.1. The lowest BCUT2D eigenvalue weighted by molar-refractivity contribution is -0.139. The second kappa shape index (κ2) is 17.6. The SMILES string of the molecule is C#Cc1c(F)ccc2cc(O)cc(-c3ncc4c(N5CC6CC[C@@H](C5)N6)nc(OCC5(CN6CCC(OCCC(=O)NC(C(=O)N7CCC(O)C7)C(C)(C)C)CC6)CC5)nc4c3F)c12. The number of likely N-dealkylation sites (tertiary alicyclic amines) is 2. The second-order valence-electron chi connectivity index (χ2n) is 19.7. The van der Waals surface area contributed by atoms with Crippen LogP contribution in [0.4, 0.5) is 14.6 Å². The normalized spacial score (nSPS) is 22.8. The minimum absolute atomic E-state index is 0.0146. The van der Waals surface area contributed by atoms with Gasteiger partial charge in [-0.2, -0.15) is 9.97 Å². The quantitative estimate of drug-likeness (QED) is 0.135. The zero-order valence-electron chi connectivity index (χ0n) is 36.8. The molecule has 9 rings (SSSR count). The van der Waals surface area contributed by atoms with Gasteiger partial charge in [0.2, 0.25) is 11.8 Å². The number of fused-ring (bicyclic) bond motifs is 4. The number of phenolic OH excluding ortho intramolecular Hbond substituents is 1. The molecule has 14 nitrogen and oxygen atoms in total. The predicted molar refractivity (Wildman–Crippen MR) is 238 cm³/mol. The van der Waals surface area contributed by atoms with Crippen molar-refractivity contribution in [3.05, 3.63) is 47.7 Å². The van der Waals surface area contributed by atoms with E-state index in [1.807, 2.05) is 20.8 Å². The first-order valence-electron chi connectivity index (χ1n) is 22.7. The fraction of sp³-hybridized carbons (Fsp3) is 0.562. The first-order valence-corrected chi connectivity index (χ1v) is 22.7. The zero-order valence-corrected chi connectivity index (χ0v) is 36.8. The summed E-state index contributed by atoms with van der Waals surface area (Å²) in [7, 11) is 0. The number of piperidine rings is 1. The molecule has 16 heteroatoms. The summed E-state index contributed by atoms with van der Waals surface area (Å²) < 4.78 is 44.6. The minimum atomic E-state index is -0.752. The molecular formula is C48H58F2N8O6. The zero-order chi connectivity index (χ0) is 44.9. The third-order valence-electron chi connectivity index (χ3n) is 13.7. The number of ether oxygens (including phenoxy) is 2. The predicted octanol–water partition coefficient (Wildman–Crippen LogP) is 4.90. The van der Waals surface area contributed by atoms with Crippen molar-refractivity contribution in [2.75, 3.05) is 63.9 Å². The Kier molecular flexibility index (Phi) is 12.1. The Morgan fingerprint density at radius 3 is 2.47 bits per heavy atom. The number of phenols is 1. The van der Waals surface area contributed by atoms with E-state index in [4.69, 9.17) is 20.9 Å². The lowest BCUT2D eigenvalue weighted by atomic mass is 9.85. The Balaban J connectivity index is 0.853. The monoisotopic (exact) mass is 880 g/mol. The lowest BCUT2D eigenvalue weighted by Crippen LogP contribution is -2.54. The van der Waals surface area contributed by atoms with Crippen LogP contribution in [-0.2, 0) is 14.3 Å². The number of aliphatic hydroxyl groups is 1. The van der Waals surface area contributed by atoms with Gasteiger partial charge in [-0.15, -0.1) is 6.42 Å². The van der Waals surface area contributed by atoms with Crippen LogP contribution in [0, 0.1) is 34.8 Å². The number of carbonyl (C=O) groups excluding carboxylic acids is 2.